The minimum atomic E-state index is -0.420. The molecule has 2 unspecified atom stereocenters. The van der Waals surface area contributed by atoms with Crippen LogP contribution in [0.15, 0.2) is 94.5 Å². The van der Waals surface area contributed by atoms with Crippen molar-refractivity contribution in [3.05, 3.63) is 123 Å². The first kappa shape index (κ1) is 40.7. The predicted molar refractivity (Wildman–Crippen MR) is 240 cm³/mol. The van der Waals surface area contributed by atoms with E-state index in [2.05, 4.69) is 69.1 Å². The molecule has 6 aromatic heterocycles. The molecule has 5 N–H and O–H groups in total. The van der Waals surface area contributed by atoms with Crippen molar-refractivity contribution in [2.24, 2.45) is 5.73 Å². The summed E-state index contributed by atoms with van der Waals surface area (Å²) in [5, 5.41) is 29.2. The second-order valence-electron chi connectivity index (χ2n) is 15.4. The number of rotatable bonds is 10. The summed E-state index contributed by atoms with van der Waals surface area (Å²) >= 11 is 7.17. The molecule has 19 heteroatoms. The van der Waals surface area contributed by atoms with Crippen molar-refractivity contribution in [3.63, 3.8) is 0 Å². The van der Waals surface area contributed by atoms with Gasteiger partial charge < -0.3 is 31.5 Å². The number of urea groups is 2. The maximum absolute atomic E-state index is 13.7. The highest BCUT2D eigenvalue weighted by Gasteiger charge is 2.28. The summed E-state index contributed by atoms with van der Waals surface area (Å²) in [7, 11) is 0. The van der Waals surface area contributed by atoms with Gasteiger partial charge in [0.1, 0.15) is 11.6 Å². The van der Waals surface area contributed by atoms with E-state index in [9.17, 15) is 14.9 Å². The third-order valence-corrected chi connectivity index (χ3v) is 12.5. The summed E-state index contributed by atoms with van der Waals surface area (Å²) < 4.78 is 5.06. The van der Waals surface area contributed by atoms with Crippen LogP contribution in [0.2, 0.25) is 0 Å². The molecular weight excluding hydrogens is 918 g/mol. The van der Waals surface area contributed by atoms with Crippen LogP contribution >= 0.6 is 31.9 Å². The molecule has 2 saturated heterocycles. The van der Waals surface area contributed by atoms with E-state index in [0.29, 0.717) is 73.1 Å². The van der Waals surface area contributed by atoms with E-state index in [1.54, 1.807) is 55.8 Å². The van der Waals surface area contributed by atoms with Gasteiger partial charge in [0, 0.05) is 93.1 Å². The van der Waals surface area contributed by atoms with Gasteiger partial charge >= 0.3 is 12.1 Å². The molecule has 0 radical (unpaired) electrons. The van der Waals surface area contributed by atoms with Gasteiger partial charge in [0.2, 0.25) is 0 Å². The van der Waals surface area contributed by atoms with Crippen LogP contribution in [-0.4, -0.2) is 87.2 Å². The monoisotopic (exact) mass is 957 g/mol. The molecule has 2 fully saturated rings. The maximum atomic E-state index is 13.7. The lowest BCUT2D eigenvalue weighted by atomic mass is 9.94. The number of nitrogens with two attached hydrogens (primary N) is 1. The van der Waals surface area contributed by atoms with E-state index in [0.717, 1.165) is 68.8 Å². The fourth-order valence-corrected chi connectivity index (χ4v) is 8.81. The third-order valence-electron chi connectivity index (χ3n) is 11.3. The minimum Gasteiger partial charge on any atom is -0.366 e. The maximum Gasteiger partial charge on any atom is 0.321 e. The summed E-state index contributed by atoms with van der Waals surface area (Å²) in [6.45, 7) is 3.26. The molecule has 0 saturated carbocycles. The Labute approximate surface area is 373 Å². The first-order chi connectivity index (χ1) is 30.2. The van der Waals surface area contributed by atoms with E-state index in [-0.39, 0.29) is 17.9 Å². The Bertz CT molecular complexity index is 2820. The molecule has 0 bridgehead atoms. The van der Waals surface area contributed by atoms with Crippen LogP contribution in [0.5, 0.6) is 0 Å². The zero-order valence-corrected chi connectivity index (χ0v) is 36.5. The Hall–Kier alpha value is -6.65. The van der Waals surface area contributed by atoms with Gasteiger partial charge in [-0.05, 0) is 99.0 Å². The van der Waals surface area contributed by atoms with Gasteiger partial charge in [-0.15, -0.1) is 0 Å². The Morgan fingerprint density at radius 2 is 1.42 bits per heavy atom. The molecule has 8 heterocycles. The molecule has 2 aliphatic rings. The lowest BCUT2D eigenvalue weighted by molar-refractivity contribution is 0.188. The number of nitrogens with zero attached hydrogens (tertiary/aromatic N) is 11. The van der Waals surface area contributed by atoms with Crippen LogP contribution in [0.25, 0.3) is 22.6 Å². The Balaban J connectivity index is 0.853. The minimum absolute atomic E-state index is 0.00927. The number of hydrogen-bond acceptors (Lipinski definition) is 11. The van der Waals surface area contributed by atoms with Gasteiger partial charge in [-0.1, -0.05) is 12.1 Å². The Kier molecular flexibility index (Phi) is 11.7. The van der Waals surface area contributed by atoms with E-state index in [1.807, 2.05) is 48.7 Å². The van der Waals surface area contributed by atoms with Crippen LogP contribution in [0.4, 0.5) is 26.9 Å². The molecule has 62 heavy (non-hydrogen) atoms. The van der Waals surface area contributed by atoms with Crippen molar-refractivity contribution in [1.82, 2.24) is 49.0 Å². The molecule has 9 rings (SSSR count). The summed E-state index contributed by atoms with van der Waals surface area (Å²) in [5.41, 5.74) is 12.9. The summed E-state index contributed by atoms with van der Waals surface area (Å²) in [5.74, 6) is 1.60. The molecule has 0 spiro atoms. The smallest absolute Gasteiger partial charge is 0.321 e. The SMILES string of the molecule is N#Cc1cc(NC(=O)N2CCCC(c3cc(NCc4cccnc4)n4ncc(Br)c4n3)C2)ccc1-c1ccc(CNc2cc(C3CCCN(C(N)=O)C3)nc3c(Br)cnn23)cn1. The topological polar surface area (TPSA) is 213 Å². The summed E-state index contributed by atoms with van der Waals surface area (Å²) in [6.07, 6.45) is 12.2. The molecular formula is C43H41Br2N15O2. The average molecular weight is 960 g/mol. The van der Waals surface area contributed by atoms with E-state index in [4.69, 9.17) is 20.7 Å². The number of likely N-dealkylation sites (tertiary alicyclic amines) is 2. The number of primary amides is 1. The predicted octanol–water partition coefficient (Wildman–Crippen LogP) is 7.52. The summed E-state index contributed by atoms with van der Waals surface area (Å²) in [6, 6.07) is 18.7. The number of benzene rings is 1. The fraction of sp³-hybridized carbons (Fsp3) is 0.279. The molecule has 2 atom stereocenters. The molecule has 7 aromatic rings. The van der Waals surface area contributed by atoms with Gasteiger partial charge in [0.15, 0.2) is 11.3 Å². The van der Waals surface area contributed by atoms with Gasteiger partial charge in [-0.25, -0.2) is 19.6 Å². The number of nitrogens with one attached hydrogen (secondary N) is 3. The van der Waals surface area contributed by atoms with Gasteiger partial charge in [0.25, 0.3) is 0 Å². The number of halogens is 2. The highest BCUT2D eigenvalue weighted by molar-refractivity contribution is 9.11. The van der Waals surface area contributed by atoms with Crippen molar-refractivity contribution < 1.29 is 9.59 Å². The number of piperidine rings is 2. The largest absolute Gasteiger partial charge is 0.366 e. The highest BCUT2D eigenvalue weighted by atomic mass is 79.9. The van der Waals surface area contributed by atoms with Crippen molar-refractivity contribution in [2.45, 2.75) is 50.6 Å². The normalized spacial score (nSPS) is 16.6. The number of fused-ring (bicyclic) bond motifs is 2. The van der Waals surface area contributed by atoms with Crippen LogP contribution < -0.4 is 21.7 Å². The first-order valence-electron chi connectivity index (χ1n) is 20.3. The van der Waals surface area contributed by atoms with Gasteiger partial charge in [0.05, 0.1) is 50.1 Å². The molecule has 2 aliphatic heterocycles. The number of anilines is 3. The number of aromatic nitrogens is 8. The Morgan fingerprint density at radius 3 is 2.00 bits per heavy atom. The standard InChI is InChI=1S/C43H41Br2N15O2/c44-33-22-53-60-39(15-36(55-40(33)60)28-5-2-12-57(24-28)42(47)61)51-21-27-7-10-35(49-19-27)32-9-8-31(14-30(32)17-46)54-43(62)58-13-3-6-29(25-58)37-16-38(50-20-26-4-1-11-48-18-26)59-41(56-37)34(45)23-52-59/h1,4,7-11,14-16,18-19,22-23,28-29,50-51H,2-3,5-6,12-13,20-21,24-25H2,(H2,47,61)(H,54,62). The van der Waals surface area contributed by atoms with E-state index < -0.39 is 6.03 Å². The second kappa shape index (κ2) is 17.8. The molecule has 314 valence electrons. The molecule has 1 aromatic carbocycles. The lowest BCUT2D eigenvalue weighted by Crippen LogP contribution is -2.42. The van der Waals surface area contributed by atoms with Crippen LogP contribution in [0, 0.1) is 11.3 Å². The first-order valence-corrected chi connectivity index (χ1v) is 21.8. The second-order valence-corrected chi connectivity index (χ2v) is 17.1. The molecule has 17 nitrogen and oxygen atoms in total. The number of amides is 4. The lowest BCUT2D eigenvalue weighted by Gasteiger charge is -2.32. The van der Waals surface area contributed by atoms with Crippen molar-refractivity contribution in [3.8, 4) is 17.3 Å². The highest BCUT2D eigenvalue weighted by Crippen LogP contribution is 2.33. The van der Waals surface area contributed by atoms with Crippen molar-refractivity contribution >= 4 is 72.5 Å². The van der Waals surface area contributed by atoms with E-state index >= 15 is 0 Å². The number of carbonyl (C=O) groups excluding carboxylic acids is 2. The molecule has 0 aliphatic carbocycles. The van der Waals surface area contributed by atoms with Crippen molar-refractivity contribution in [2.75, 3.05) is 42.1 Å². The summed E-state index contributed by atoms with van der Waals surface area (Å²) in [4.78, 5) is 47.8. The number of hydrogen-bond donors (Lipinski definition) is 4. The third kappa shape index (κ3) is 8.60. The van der Waals surface area contributed by atoms with Crippen LogP contribution in [-0.2, 0) is 13.1 Å². The number of carbonyl (C=O) groups is 2. The zero-order chi connectivity index (χ0) is 42.7. The average Bonchev–Trinajstić information content (AvgIpc) is 3.89. The van der Waals surface area contributed by atoms with Crippen molar-refractivity contribution in [1.29, 1.82) is 5.26 Å². The van der Waals surface area contributed by atoms with Gasteiger partial charge in [-0.2, -0.15) is 24.5 Å². The van der Waals surface area contributed by atoms with Crippen LogP contribution in [0.3, 0.4) is 0 Å². The number of nitriles is 1. The van der Waals surface area contributed by atoms with Gasteiger partial charge in [-0.3, -0.25) is 9.97 Å². The number of pyridine rings is 2. The quantitative estimate of drug-likeness (QED) is 0.105. The zero-order valence-electron chi connectivity index (χ0n) is 33.4. The fourth-order valence-electron chi connectivity index (χ4n) is 8.12. The Morgan fingerprint density at radius 1 is 0.790 bits per heavy atom. The molecule has 4 amide bonds. The van der Waals surface area contributed by atoms with Crippen LogP contribution in [0.1, 0.15) is 65.6 Å². The van der Waals surface area contributed by atoms with E-state index in [1.165, 1.54) is 0 Å².